The molecule has 0 aliphatic carbocycles. The third kappa shape index (κ3) is 3.10. The number of carbonyl (C=O) groups is 1. The van der Waals surface area contributed by atoms with Crippen LogP contribution in [0.1, 0.15) is 18.1 Å². The topological polar surface area (TPSA) is 52.3 Å². The number of nitrogen functional groups attached to an aromatic ring is 1. The highest BCUT2D eigenvalue weighted by atomic mass is 16.5. The number of carbonyl (C=O) groups excluding carboxylic acids is 1. The Morgan fingerprint density at radius 2 is 1.89 bits per heavy atom. The molecule has 2 aromatic carbocycles. The summed E-state index contributed by atoms with van der Waals surface area (Å²) in [6, 6.07) is 15.3. The summed E-state index contributed by atoms with van der Waals surface area (Å²) in [7, 11) is 0. The van der Waals surface area contributed by atoms with Crippen LogP contribution in [0.2, 0.25) is 0 Å². The maximum atomic E-state index is 11.0. The average molecular weight is 241 g/mol. The van der Waals surface area contributed by atoms with Gasteiger partial charge in [-0.3, -0.25) is 4.79 Å². The molecule has 0 atom stereocenters. The fraction of sp³-hybridized carbons (Fsp3) is 0.133. The normalized spacial score (nSPS) is 10.1. The van der Waals surface area contributed by atoms with Crippen molar-refractivity contribution in [2.45, 2.75) is 13.3 Å². The first kappa shape index (κ1) is 12.2. The van der Waals surface area contributed by atoms with Crippen molar-refractivity contribution in [3.05, 3.63) is 59.7 Å². The highest BCUT2D eigenvalue weighted by Gasteiger charge is 2.07. The average Bonchev–Trinajstić information content (AvgIpc) is 2.33. The Bertz CT molecular complexity index is 550. The Labute approximate surface area is 106 Å². The largest absolute Gasteiger partial charge is 0.426 e. The van der Waals surface area contributed by atoms with Crippen LogP contribution in [-0.4, -0.2) is 5.97 Å². The van der Waals surface area contributed by atoms with Gasteiger partial charge < -0.3 is 10.5 Å². The Kier molecular flexibility index (Phi) is 3.63. The molecule has 0 unspecified atom stereocenters. The van der Waals surface area contributed by atoms with Crippen molar-refractivity contribution in [1.29, 1.82) is 0 Å². The van der Waals surface area contributed by atoms with E-state index in [4.69, 9.17) is 10.5 Å². The molecule has 0 fully saturated rings. The molecule has 0 aliphatic rings. The maximum Gasteiger partial charge on any atom is 0.308 e. The first-order valence-corrected chi connectivity index (χ1v) is 5.76. The lowest BCUT2D eigenvalue weighted by molar-refractivity contribution is -0.131. The van der Waals surface area contributed by atoms with Gasteiger partial charge in [0.15, 0.2) is 0 Å². The number of rotatable bonds is 3. The monoisotopic (exact) mass is 241 g/mol. The minimum Gasteiger partial charge on any atom is -0.426 e. The second-order valence-electron chi connectivity index (χ2n) is 4.12. The molecule has 0 aliphatic heterocycles. The highest BCUT2D eigenvalue weighted by Crippen LogP contribution is 2.24. The van der Waals surface area contributed by atoms with E-state index in [1.54, 1.807) is 12.1 Å². The summed E-state index contributed by atoms with van der Waals surface area (Å²) in [5, 5.41) is 0. The molecular weight excluding hydrogens is 226 g/mol. The van der Waals surface area contributed by atoms with Crippen LogP contribution in [0.5, 0.6) is 5.75 Å². The highest BCUT2D eigenvalue weighted by molar-refractivity contribution is 5.70. The molecule has 0 saturated carbocycles. The molecule has 0 saturated heterocycles. The van der Waals surface area contributed by atoms with E-state index in [2.05, 4.69) is 0 Å². The van der Waals surface area contributed by atoms with Gasteiger partial charge in [0.25, 0.3) is 0 Å². The Morgan fingerprint density at radius 3 is 2.56 bits per heavy atom. The van der Waals surface area contributed by atoms with Gasteiger partial charge in [-0.05, 0) is 23.8 Å². The maximum absolute atomic E-state index is 11.0. The first-order valence-electron chi connectivity index (χ1n) is 5.76. The van der Waals surface area contributed by atoms with Gasteiger partial charge in [0.05, 0.1) is 0 Å². The second-order valence-corrected chi connectivity index (χ2v) is 4.12. The lowest BCUT2D eigenvalue weighted by Crippen LogP contribution is -2.05. The SMILES string of the molecule is CC(=O)Oc1ccc(N)cc1Cc1ccccc1. The summed E-state index contributed by atoms with van der Waals surface area (Å²) in [5.74, 6) is 0.245. The van der Waals surface area contributed by atoms with Gasteiger partial charge in [-0.15, -0.1) is 0 Å². The summed E-state index contributed by atoms with van der Waals surface area (Å²) < 4.78 is 5.18. The summed E-state index contributed by atoms with van der Waals surface area (Å²) in [6.45, 7) is 1.39. The molecule has 3 heteroatoms. The number of ether oxygens (including phenoxy) is 1. The van der Waals surface area contributed by atoms with Crippen LogP contribution in [0.25, 0.3) is 0 Å². The lowest BCUT2D eigenvalue weighted by Gasteiger charge is -2.10. The molecule has 3 nitrogen and oxygen atoms in total. The molecule has 0 amide bonds. The van der Waals surface area contributed by atoms with Gasteiger partial charge in [0, 0.05) is 24.6 Å². The smallest absolute Gasteiger partial charge is 0.308 e. The fourth-order valence-electron chi connectivity index (χ4n) is 1.81. The van der Waals surface area contributed by atoms with Crippen molar-refractivity contribution in [3.8, 4) is 5.75 Å². The summed E-state index contributed by atoms with van der Waals surface area (Å²) in [4.78, 5) is 11.0. The van der Waals surface area contributed by atoms with E-state index in [9.17, 15) is 4.79 Å². The van der Waals surface area contributed by atoms with E-state index in [0.29, 0.717) is 17.9 Å². The van der Waals surface area contributed by atoms with Crippen molar-refractivity contribution < 1.29 is 9.53 Å². The van der Waals surface area contributed by atoms with Crippen LogP contribution >= 0.6 is 0 Å². The van der Waals surface area contributed by atoms with E-state index in [-0.39, 0.29) is 5.97 Å². The molecule has 0 spiro atoms. The van der Waals surface area contributed by atoms with Crippen molar-refractivity contribution in [3.63, 3.8) is 0 Å². The van der Waals surface area contributed by atoms with Crippen molar-refractivity contribution in [2.24, 2.45) is 0 Å². The molecule has 0 heterocycles. The van der Waals surface area contributed by atoms with E-state index in [1.807, 2.05) is 36.4 Å². The minimum absolute atomic E-state index is 0.325. The van der Waals surface area contributed by atoms with Crippen LogP contribution in [0, 0.1) is 0 Å². The lowest BCUT2D eigenvalue weighted by atomic mass is 10.0. The summed E-state index contributed by atoms with van der Waals surface area (Å²) in [6.07, 6.45) is 0.689. The predicted octanol–water partition coefficient (Wildman–Crippen LogP) is 2.78. The van der Waals surface area contributed by atoms with Gasteiger partial charge in [-0.1, -0.05) is 30.3 Å². The van der Waals surface area contributed by atoms with Gasteiger partial charge in [-0.25, -0.2) is 0 Å². The third-order valence-electron chi connectivity index (χ3n) is 2.58. The summed E-state index contributed by atoms with van der Waals surface area (Å²) in [5.41, 5.74) is 8.50. The fourth-order valence-corrected chi connectivity index (χ4v) is 1.81. The van der Waals surface area contributed by atoms with E-state index in [1.165, 1.54) is 6.92 Å². The molecule has 2 N–H and O–H groups in total. The number of hydrogen-bond acceptors (Lipinski definition) is 3. The standard InChI is InChI=1S/C15H15NO2/c1-11(17)18-15-8-7-14(16)10-13(15)9-12-5-3-2-4-6-12/h2-8,10H,9,16H2,1H3. The molecule has 92 valence electrons. The second kappa shape index (κ2) is 5.36. The Morgan fingerprint density at radius 1 is 1.17 bits per heavy atom. The zero-order chi connectivity index (χ0) is 13.0. The zero-order valence-electron chi connectivity index (χ0n) is 10.2. The van der Waals surface area contributed by atoms with Gasteiger partial charge in [0.2, 0.25) is 0 Å². The van der Waals surface area contributed by atoms with Crippen molar-refractivity contribution in [1.82, 2.24) is 0 Å². The van der Waals surface area contributed by atoms with Crippen LogP contribution < -0.4 is 10.5 Å². The Hall–Kier alpha value is -2.29. The molecular formula is C15H15NO2. The van der Waals surface area contributed by atoms with Gasteiger partial charge in [-0.2, -0.15) is 0 Å². The molecule has 18 heavy (non-hydrogen) atoms. The third-order valence-corrected chi connectivity index (χ3v) is 2.58. The van der Waals surface area contributed by atoms with Crippen LogP contribution in [0.3, 0.4) is 0 Å². The van der Waals surface area contributed by atoms with E-state index < -0.39 is 0 Å². The van der Waals surface area contributed by atoms with Crippen LogP contribution in [0.15, 0.2) is 48.5 Å². The van der Waals surface area contributed by atoms with Crippen molar-refractivity contribution in [2.75, 3.05) is 5.73 Å². The zero-order valence-corrected chi connectivity index (χ0v) is 10.2. The van der Waals surface area contributed by atoms with Crippen LogP contribution in [0.4, 0.5) is 5.69 Å². The minimum atomic E-state index is -0.325. The van der Waals surface area contributed by atoms with Crippen LogP contribution in [-0.2, 0) is 11.2 Å². The number of anilines is 1. The van der Waals surface area contributed by atoms with E-state index >= 15 is 0 Å². The number of hydrogen-bond donors (Lipinski definition) is 1. The quantitative estimate of drug-likeness (QED) is 0.510. The van der Waals surface area contributed by atoms with E-state index in [0.717, 1.165) is 11.1 Å². The van der Waals surface area contributed by atoms with Gasteiger partial charge >= 0.3 is 5.97 Å². The van der Waals surface area contributed by atoms with Crippen molar-refractivity contribution >= 4 is 11.7 Å². The molecule has 2 rings (SSSR count). The molecule has 2 aromatic rings. The number of nitrogens with two attached hydrogens (primary N) is 1. The number of esters is 1. The predicted molar refractivity (Wildman–Crippen MR) is 71.4 cm³/mol. The number of benzene rings is 2. The molecule has 0 radical (unpaired) electrons. The van der Waals surface area contributed by atoms with Gasteiger partial charge in [0.1, 0.15) is 5.75 Å². The molecule has 0 aromatic heterocycles. The first-order chi connectivity index (χ1) is 8.65. The summed E-state index contributed by atoms with van der Waals surface area (Å²) >= 11 is 0. The Balaban J connectivity index is 2.30. The molecule has 0 bridgehead atoms.